The van der Waals surface area contributed by atoms with Gasteiger partial charge in [0.15, 0.2) is 0 Å². The number of hydrogen-bond acceptors (Lipinski definition) is 5. The van der Waals surface area contributed by atoms with Crippen molar-refractivity contribution in [1.29, 1.82) is 0 Å². The number of ether oxygens (including phenoxy) is 1. The van der Waals surface area contributed by atoms with Crippen LogP contribution in [0.2, 0.25) is 0 Å². The van der Waals surface area contributed by atoms with E-state index in [2.05, 4.69) is 15.6 Å². The van der Waals surface area contributed by atoms with Gasteiger partial charge in [-0.25, -0.2) is 4.99 Å². The van der Waals surface area contributed by atoms with E-state index in [1.165, 1.54) is 0 Å². The molecule has 0 bridgehead atoms. The number of morpholine rings is 1. The van der Waals surface area contributed by atoms with Crippen molar-refractivity contribution in [2.24, 2.45) is 4.99 Å². The van der Waals surface area contributed by atoms with Gasteiger partial charge in [-0.1, -0.05) is 36.4 Å². The fraction of sp³-hybridized carbons (Fsp3) is 0.316. The highest BCUT2D eigenvalue weighted by Gasteiger charge is 2.30. The maximum atomic E-state index is 12.7. The van der Waals surface area contributed by atoms with Gasteiger partial charge in [0.2, 0.25) is 17.8 Å². The van der Waals surface area contributed by atoms with Crippen molar-refractivity contribution in [2.45, 2.75) is 12.5 Å². The van der Waals surface area contributed by atoms with Gasteiger partial charge in [0.25, 0.3) is 0 Å². The second-order valence-electron chi connectivity index (χ2n) is 6.34. The fourth-order valence-electron chi connectivity index (χ4n) is 3.21. The average Bonchev–Trinajstić information content (AvgIpc) is 2.68. The van der Waals surface area contributed by atoms with Crippen molar-refractivity contribution < 1.29 is 14.3 Å². The number of fused-ring (bicyclic) bond motifs is 1. The summed E-state index contributed by atoms with van der Waals surface area (Å²) < 4.78 is 5.32. The molecular formula is C19H20N4O3. The Hall–Kier alpha value is -2.93. The molecule has 0 spiro atoms. The smallest absolute Gasteiger partial charge is 0.249 e. The molecule has 0 aromatic heterocycles. The highest BCUT2D eigenvalue weighted by molar-refractivity contribution is 6.08. The van der Waals surface area contributed by atoms with Crippen molar-refractivity contribution in [3.63, 3.8) is 0 Å². The lowest BCUT2D eigenvalue weighted by Gasteiger charge is -2.32. The molecule has 1 atom stereocenters. The minimum Gasteiger partial charge on any atom is -0.378 e. The third-order valence-corrected chi connectivity index (χ3v) is 4.57. The van der Waals surface area contributed by atoms with Gasteiger partial charge in [-0.3, -0.25) is 14.9 Å². The molecule has 2 amide bonds. The zero-order valence-electron chi connectivity index (χ0n) is 14.3. The van der Waals surface area contributed by atoms with E-state index in [4.69, 9.17) is 4.74 Å². The third kappa shape index (κ3) is 3.39. The minimum atomic E-state index is -0.736. The summed E-state index contributed by atoms with van der Waals surface area (Å²) in [5.74, 6) is -0.0101. The van der Waals surface area contributed by atoms with Crippen LogP contribution in [0.5, 0.6) is 0 Å². The highest BCUT2D eigenvalue weighted by Crippen LogP contribution is 2.23. The van der Waals surface area contributed by atoms with Crippen LogP contribution in [0.3, 0.4) is 0 Å². The second kappa shape index (κ2) is 7.13. The van der Waals surface area contributed by atoms with Gasteiger partial charge < -0.3 is 15.0 Å². The van der Waals surface area contributed by atoms with Gasteiger partial charge in [0.05, 0.1) is 19.6 Å². The summed E-state index contributed by atoms with van der Waals surface area (Å²) in [6.45, 7) is 2.47. The number of guanidine groups is 1. The predicted octanol–water partition coefficient (Wildman–Crippen LogP) is 1.35. The molecule has 2 aromatic rings. The summed E-state index contributed by atoms with van der Waals surface area (Å²) >= 11 is 0. The molecule has 134 valence electrons. The molecule has 2 aliphatic heterocycles. The number of carbonyl (C=O) groups is 2. The first-order valence-corrected chi connectivity index (χ1v) is 8.70. The molecule has 0 saturated carbocycles. The van der Waals surface area contributed by atoms with Crippen LogP contribution in [-0.4, -0.2) is 55.0 Å². The van der Waals surface area contributed by atoms with Crippen LogP contribution in [0.4, 0.5) is 5.69 Å². The predicted molar refractivity (Wildman–Crippen MR) is 99.0 cm³/mol. The largest absolute Gasteiger partial charge is 0.378 e. The van der Waals surface area contributed by atoms with Crippen LogP contribution >= 0.6 is 0 Å². The number of nitrogens with one attached hydrogen (secondary N) is 2. The summed E-state index contributed by atoms with van der Waals surface area (Å²) in [6.07, 6.45) is 0.0461. The third-order valence-electron chi connectivity index (χ3n) is 4.57. The zero-order chi connectivity index (χ0) is 17.9. The van der Waals surface area contributed by atoms with Gasteiger partial charge in [-0.15, -0.1) is 0 Å². The molecule has 1 fully saturated rings. The molecule has 4 rings (SSSR count). The zero-order valence-corrected chi connectivity index (χ0v) is 14.3. The summed E-state index contributed by atoms with van der Waals surface area (Å²) in [5.41, 5.74) is 0.724. The van der Waals surface area contributed by atoms with E-state index in [0.717, 1.165) is 16.5 Å². The lowest BCUT2D eigenvalue weighted by Crippen LogP contribution is -2.53. The Morgan fingerprint density at radius 2 is 1.92 bits per heavy atom. The Labute approximate surface area is 151 Å². The maximum Gasteiger partial charge on any atom is 0.249 e. The molecule has 0 aliphatic carbocycles. The van der Waals surface area contributed by atoms with Gasteiger partial charge >= 0.3 is 0 Å². The number of hydrogen-bond donors (Lipinski definition) is 2. The van der Waals surface area contributed by atoms with E-state index in [-0.39, 0.29) is 18.2 Å². The average molecular weight is 352 g/mol. The molecule has 7 nitrogen and oxygen atoms in total. The molecule has 1 saturated heterocycles. The molecule has 26 heavy (non-hydrogen) atoms. The number of nitrogens with zero attached hydrogens (tertiary/aromatic N) is 2. The minimum absolute atomic E-state index is 0.0461. The number of benzene rings is 2. The molecule has 7 heteroatoms. The van der Waals surface area contributed by atoms with E-state index in [1.807, 2.05) is 47.4 Å². The van der Waals surface area contributed by atoms with Gasteiger partial charge in [-0.2, -0.15) is 0 Å². The van der Waals surface area contributed by atoms with Gasteiger partial charge in [-0.05, 0) is 11.5 Å². The Morgan fingerprint density at radius 3 is 2.77 bits per heavy atom. The highest BCUT2D eigenvalue weighted by atomic mass is 16.5. The Balaban J connectivity index is 1.55. The molecule has 2 aromatic carbocycles. The van der Waals surface area contributed by atoms with Gasteiger partial charge in [0.1, 0.15) is 6.04 Å². The standard InChI is InChI=1S/C19H20N4O3/c24-17-12-16(21-19(22-17)23-8-10-26-11-9-23)18(25)20-15-7-3-5-13-4-1-2-6-14(13)15/h1-7,16H,8-12H2,(H,20,25)(H,21,22,24). The molecular weight excluding hydrogens is 332 g/mol. The number of amides is 2. The maximum absolute atomic E-state index is 12.7. The van der Waals surface area contributed by atoms with Crippen LogP contribution in [0.25, 0.3) is 10.8 Å². The lowest BCUT2D eigenvalue weighted by atomic mass is 10.1. The molecule has 2 N–H and O–H groups in total. The van der Waals surface area contributed by atoms with Crippen molar-refractivity contribution in [2.75, 3.05) is 31.6 Å². The van der Waals surface area contributed by atoms with E-state index in [1.54, 1.807) is 0 Å². The summed E-state index contributed by atoms with van der Waals surface area (Å²) in [4.78, 5) is 31.2. The summed E-state index contributed by atoms with van der Waals surface area (Å²) in [6, 6.07) is 12.9. The molecule has 1 unspecified atom stereocenters. The first-order valence-electron chi connectivity index (χ1n) is 8.70. The Morgan fingerprint density at radius 1 is 1.15 bits per heavy atom. The topological polar surface area (TPSA) is 83.0 Å². The molecule has 2 aliphatic rings. The Bertz CT molecular complexity index is 869. The first kappa shape index (κ1) is 16.5. The van der Waals surface area contributed by atoms with Crippen molar-refractivity contribution in [3.05, 3.63) is 42.5 Å². The van der Waals surface area contributed by atoms with Crippen molar-refractivity contribution in [1.82, 2.24) is 10.2 Å². The SMILES string of the molecule is O=C1CC(C(=O)Nc2cccc3ccccc23)N=C(N2CCOCC2)N1. The first-order chi connectivity index (χ1) is 12.7. The quantitative estimate of drug-likeness (QED) is 0.855. The van der Waals surface area contributed by atoms with Crippen LogP contribution < -0.4 is 10.6 Å². The number of rotatable bonds is 2. The lowest BCUT2D eigenvalue weighted by molar-refractivity contribution is -0.125. The number of anilines is 1. The fourth-order valence-corrected chi connectivity index (χ4v) is 3.21. The summed E-state index contributed by atoms with van der Waals surface area (Å²) in [5, 5.41) is 7.70. The normalized spacial score (nSPS) is 20.5. The Kier molecular flexibility index (Phi) is 4.53. The number of carbonyl (C=O) groups excluding carboxylic acids is 2. The van der Waals surface area contributed by atoms with Crippen LogP contribution in [0.1, 0.15) is 6.42 Å². The van der Waals surface area contributed by atoms with Crippen molar-refractivity contribution >= 4 is 34.2 Å². The van der Waals surface area contributed by atoms with Crippen molar-refractivity contribution in [3.8, 4) is 0 Å². The second-order valence-corrected chi connectivity index (χ2v) is 6.34. The van der Waals surface area contributed by atoms with E-state index in [0.29, 0.717) is 32.3 Å². The molecule has 0 radical (unpaired) electrons. The van der Waals surface area contributed by atoms with Crippen LogP contribution in [0, 0.1) is 0 Å². The van der Waals surface area contributed by atoms with E-state index >= 15 is 0 Å². The number of aliphatic imine (C=N–C) groups is 1. The van der Waals surface area contributed by atoms with Crippen LogP contribution in [-0.2, 0) is 14.3 Å². The van der Waals surface area contributed by atoms with Crippen LogP contribution in [0.15, 0.2) is 47.5 Å². The van der Waals surface area contributed by atoms with E-state index in [9.17, 15) is 9.59 Å². The molecule has 2 heterocycles. The van der Waals surface area contributed by atoms with E-state index < -0.39 is 6.04 Å². The monoisotopic (exact) mass is 352 g/mol. The van der Waals surface area contributed by atoms with Gasteiger partial charge in [0, 0.05) is 24.2 Å². The summed E-state index contributed by atoms with van der Waals surface area (Å²) in [7, 11) is 0.